The molecule has 1 aromatic heterocycles. The Bertz CT molecular complexity index is 525. The van der Waals surface area contributed by atoms with E-state index in [1.54, 1.807) is 18.6 Å². The summed E-state index contributed by atoms with van der Waals surface area (Å²) in [7, 11) is 3.76. The van der Waals surface area contributed by atoms with Gasteiger partial charge < -0.3 is 14.6 Å². The molecular formula is C15H19FN2O. The number of hydrogen-bond donors (Lipinski definition) is 1. The summed E-state index contributed by atoms with van der Waals surface area (Å²) >= 11 is 0. The average Bonchev–Trinajstić information content (AvgIpc) is 2.90. The van der Waals surface area contributed by atoms with Crippen molar-refractivity contribution >= 4 is 5.69 Å². The number of nitrogens with one attached hydrogen (secondary N) is 1. The molecule has 2 aromatic rings. The first kappa shape index (κ1) is 13.6. The summed E-state index contributed by atoms with van der Waals surface area (Å²) in [6.07, 6.45) is 3.31. The number of rotatable bonds is 5. The lowest BCUT2D eigenvalue weighted by atomic mass is 10.0. The van der Waals surface area contributed by atoms with Gasteiger partial charge in [0.2, 0.25) is 0 Å². The summed E-state index contributed by atoms with van der Waals surface area (Å²) < 4.78 is 19.2. The van der Waals surface area contributed by atoms with Crippen LogP contribution in [0.4, 0.5) is 10.1 Å². The van der Waals surface area contributed by atoms with Gasteiger partial charge in [0, 0.05) is 25.2 Å². The van der Waals surface area contributed by atoms with E-state index in [1.807, 2.05) is 38.1 Å². The molecule has 0 saturated heterocycles. The van der Waals surface area contributed by atoms with Crippen molar-refractivity contribution in [3.05, 3.63) is 53.7 Å². The van der Waals surface area contributed by atoms with E-state index in [-0.39, 0.29) is 11.9 Å². The van der Waals surface area contributed by atoms with Gasteiger partial charge in [0.1, 0.15) is 5.82 Å². The van der Waals surface area contributed by atoms with Gasteiger partial charge >= 0.3 is 0 Å². The van der Waals surface area contributed by atoms with Gasteiger partial charge in [-0.15, -0.1) is 0 Å². The number of benzene rings is 1. The highest BCUT2D eigenvalue weighted by atomic mass is 19.1. The van der Waals surface area contributed by atoms with Crippen molar-refractivity contribution in [3.8, 4) is 0 Å². The molecule has 0 fully saturated rings. The first-order valence-electron chi connectivity index (χ1n) is 6.31. The molecule has 1 N–H and O–H groups in total. The van der Waals surface area contributed by atoms with Gasteiger partial charge in [0.15, 0.2) is 0 Å². The van der Waals surface area contributed by atoms with Crippen LogP contribution in [0.2, 0.25) is 0 Å². The van der Waals surface area contributed by atoms with Crippen LogP contribution in [-0.4, -0.2) is 14.1 Å². The molecule has 102 valence electrons. The van der Waals surface area contributed by atoms with Crippen molar-refractivity contribution < 1.29 is 8.81 Å². The quantitative estimate of drug-likeness (QED) is 0.896. The normalized spacial score (nSPS) is 12.4. The van der Waals surface area contributed by atoms with Crippen molar-refractivity contribution in [1.29, 1.82) is 0 Å². The molecule has 1 aromatic carbocycles. The van der Waals surface area contributed by atoms with Crippen LogP contribution in [0, 0.1) is 5.82 Å². The molecule has 0 aliphatic rings. The number of halogens is 1. The van der Waals surface area contributed by atoms with Crippen LogP contribution in [-0.2, 0) is 6.54 Å². The van der Waals surface area contributed by atoms with Gasteiger partial charge in [0.25, 0.3) is 0 Å². The SMILES string of the molecule is CNC(C)c1cccc(F)c1N(C)Cc1ccoc1. The largest absolute Gasteiger partial charge is 0.472 e. The van der Waals surface area contributed by atoms with E-state index < -0.39 is 0 Å². The van der Waals surface area contributed by atoms with E-state index in [4.69, 9.17) is 4.42 Å². The second-order valence-corrected chi connectivity index (χ2v) is 4.68. The second-order valence-electron chi connectivity index (χ2n) is 4.68. The minimum Gasteiger partial charge on any atom is -0.472 e. The Morgan fingerprint density at radius 2 is 2.16 bits per heavy atom. The van der Waals surface area contributed by atoms with Crippen LogP contribution < -0.4 is 10.2 Å². The number of anilines is 1. The van der Waals surface area contributed by atoms with Gasteiger partial charge in [-0.1, -0.05) is 12.1 Å². The smallest absolute Gasteiger partial charge is 0.146 e. The molecule has 0 spiro atoms. The number of furan rings is 1. The Labute approximate surface area is 113 Å². The van der Waals surface area contributed by atoms with Gasteiger partial charge in [-0.2, -0.15) is 0 Å². The summed E-state index contributed by atoms with van der Waals surface area (Å²) in [5.41, 5.74) is 2.60. The standard InChI is InChI=1S/C15H19FN2O/c1-11(17-2)13-5-4-6-14(16)15(13)18(3)9-12-7-8-19-10-12/h4-8,10-11,17H,9H2,1-3H3. The number of hydrogen-bond acceptors (Lipinski definition) is 3. The average molecular weight is 262 g/mol. The van der Waals surface area contributed by atoms with E-state index in [0.29, 0.717) is 12.2 Å². The highest BCUT2D eigenvalue weighted by Gasteiger charge is 2.17. The zero-order chi connectivity index (χ0) is 13.8. The predicted molar refractivity (Wildman–Crippen MR) is 74.7 cm³/mol. The zero-order valence-corrected chi connectivity index (χ0v) is 11.5. The van der Waals surface area contributed by atoms with Crippen LogP contribution in [0.5, 0.6) is 0 Å². The molecular weight excluding hydrogens is 243 g/mol. The van der Waals surface area contributed by atoms with Crippen molar-refractivity contribution in [2.24, 2.45) is 0 Å². The Hall–Kier alpha value is -1.81. The van der Waals surface area contributed by atoms with Crippen LogP contribution in [0.15, 0.2) is 41.2 Å². The van der Waals surface area contributed by atoms with Crippen molar-refractivity contribution in [3.63, 3.8) is 0 Å². The third-order valence-electron chi connectivity index (χ3n) is 3.30. The molecule has 1 heterocycles. The lowest BCUT2D eigenvalue weighted by Crippen LogP contribution is -2.22. The third-order valence-corrected chi connectivity index (χ3v) is 3.30. The molecule has 2 rings (SSSR count). The van der Waals surface area contributed by atoms with Crippen molar-refractivity contribution in [1.82, 2.24) is 5.32 Å². The molecule has 0 amide bonds. The molecule has 0 aliphatic heterocycles. The molecule has 3 nitrogen and oxygen atoms in total. The number of para-hydroxylation sites is 1. The molecule has 19 heavy (non-hydrogen) atoms. The summed E-state index contributed by atoms with van der Waals surface area (Å²) in [4.78, 5) is 1.91. The van der Waals surface area contributed by atoms with Gasteiger partial charge in [0.05, 0.1) is 18.2 Å². The Morgan fingerprint density at radius 3 is 2.79 bits per heavy atom. The van der Waals surface area contributed by atoms with Crippen molar-refractivity contribution in [2.45, 2.75) is 19.5 Å². The fourth-order valence-corrected chi connectivity index (χ4v) is 2.18. The minimum atomic E-state index is -0.203. The predicted octanol–water partition coefficient (Wildman–Crippen LogP) is 3.34. The van der Waals surface area contributed by atoms with Crippen LogP contribution in [0.1, 0.15) is 24.1 Å². The molecule has 1 unspecified atom stereocenters. The molecule has 1 atom stereocenters. The first-order valence-corrected chi connectivity index (χ1v) is 6.31. The molecule has 0 radical (unpaired) electrons. The Balaban J connectivity index is 2.31. The highest BCUT2D eigenvalue weighted by molar-refractivity contribution is 5.55. The Kier molecular flexibility index (Phi) is 4.22. The van der Waals surface area contributed by atoms with E-state index in [1.165, 1.54) is 6.07 Å². The summed E-state index contributed by atoms with van der Waals surface area (Å²) in [5, 5.41) is 3.15. The van der Waals surface area contributed by atoms with Gasteiger partial charge in [-0.05, 0) is 31.7 Å². The van der Waals surface area contributed by atoms with E-state index in [0.717, 1.165) is 11.1 Å². The zero-order valence-electron chi connectivity index (χ0n) is 11.5. The lowest BCUT2D eigenvalue weighted by Gasteiger charge is -2.25. The third kappa shape index (κ3) is 2.96. The monoisotopic (exact) mass is 262 g/mol. The second kappa shape index (κ2) is 5.89. The molecule has 0 saturated carbocycles. The number of nitrogens with zero attached hydrogens (tertiary/aromatic N) is 1. The van der Waals surface area contributed by atoms with E-state index in [2.05, 4.69) is 5.32 Å². The maximum Gasteiger partial charge on any atom is 0.146 e. The molecule has 4 heteroatoms. The topological polar surface area (TPSA) is 28.4 Å². The fourth-order valence-electron chi connectivity index (χ4n) is 2.18. The first-order chi connectivity index (χ1) is 9.13. The summed E-state index contributed by atoms with van der Waals surface area (Å²) in [6.45, 7) is 2.63. The molecule has 0 aliphatic carbocycles. The summed E-state index contributed by atoms with van der Waals surface area (Å²) in [5.74, 6) is -0.203. The molecule has 0 bridgehead atoms. The van der Waals surface area contributed by atoms with E-state index >= 15 is 0 Å². The fraction of sp³-hybridized carbons (Fsp3) is 0.333. The van der Waals surface area contributed by atoms with Crippen LogP contribution in [0.25, 0.3) is 0 Å². The van der Waals surface area contributed by atoms with E-state index in [9.17, 15) is 4.39 Å². The van der Waals surface area contributed by atoms with Gasteiger partial charge in [-0.25, -0.2) is 4.39 Å². The maximum atomic E-state index is 14.1. The van der Waals surface area contributed by atoms with Crippen LogP contribution in [0.3, 0.4) is 0 Å². The Morgan fingerprint density at radius 1 is 1.37 bits per heavy atom. The van der Waals surface area contributed by atoms with Crippen molar-refractivity contribution in [2.75, 3.05) is 19.0 Å². The highest BCUT2D eigenvalue weighted by Crippen LogP contribution is 2.29. The van der Waals surface area contributed by atoms with Gasteiger partial charge in [-0.3, -0.25) is 0 Å². The van der Waals surface area contributed by atoms with Crippen LogP contribution >= 0.6 is 0 Å². The minimum absolute atomic E-state index is 0.0949. The maximum absolute atomic E-state index is 14.1. The lowest BCUT2D eigenvalue weighted by molar-refractivity contribution is 0.562. The summed E-state index contributed by atoms with van der Waals surface area (Å²) in [6, 6.07) is 7.17.